The van der Waals surface area contributed by atoms with Gasteiger partial charge in [0.1, 0.15) is 0 Å². The maximum Gasteiger partial charge on any atom is 0.0402 e. The zero-order valence-electron chi connectivity index (χ0n) is 10.6. The van der Waals surface area contributed by atoms with Crippen LogP contribution in [0.2, 0.25) is 0 Å². The van der Waals surface area contributed by atoms with Crippen molar-refractivity contribution < 1.29 is 36.1 Å². The van der Waals surface area contributed by atoms with Crippen LogP contribution >= 0.6 is 0 Å². The van der Waals surface area contributed by atoms with Gasteiger partial charge in [-0.05, 0) is 13.8 Å². The van der Waals surface area contributed by atoms with Crippen molar-refractivity contribution in [2.45, 2.75) is 40.5 Å². The zero-order chi connectivity index (χ0) is 12.2. The van der Waals surface area contributed by atoms with Gasteiger partial charge in [-0.2, -0.15) is 13.1 Å². The summed E-state index contributed by atoms with van der Waals surface area (Å²) in [5.41, 5.74) is 12.9. The number of nitrogens with one attached hydrogen (secondary N) is 2. The molecular weight excluding hydrogens is 359 g/mol. The van der Waals surface area contributed by atoms with E-state index in [0.29, 0.717) is 13.1 Å². The maximum atomic E-state index is 7.57. The summed E-state index contributed by atoms with van der Waals surface area (Å²) in [4.78, 5) is 0. The van der Waals surface area contributed by atoms with Gasteiger partial charge in [0.25, 0.3) is 0 Å². The molecule has 0 aliphatic carbocycles. The molecular formula is C10H28HfN2O2-2. The molecule has 0 saturated carbocycles. The van der Waals surface area contributed by atoms with Gasteiger partial charge in [0.05, 0.1) is 0 Å². The second-order valence-corrected chi connectivity index (χ2v) is 2.13. The van der Waals surface area contributed by atoms with E-state index in [1.807, 2.05) is 13.8 Å². The summed E-state index contributed by atoms with van der Waals surface area (Å²) < 4.78 is 0. The number of hydrogen-bond acceptors (Lipinski definition) is 2. The van der Waals surface area contributed by atoms with E-state index >= 15 is 0 Å². The summed E-state index contributed by atoms with van der Waals surface area (Å²) in [6.07, 6.45) is 1.97. The molecule has 0 amide bonds. The molecule has 0 aliphatic rings. The van der Waals surface area contributed by atoms with Crippen LogP contribution in [-0.2, 0) is 25.8 Å². The molecule has 0 aliphatic heterocycles. The summed E-state index contributed by atoms with van der Waals surface area (Å²) in [7, 11) is 0. The molecule has 0 aromatic carbocycles. The Labute approximate surface area is 114 Å². The maximum absolute atomic E-state index is 7.57. The topological polar surface area (TPSA) is 88.1 Å². The van der Waals surface area contributed by atoms with Crippen LogP contribution in [0.1, 0.15) is 40.5 Å². The number of hydrogen-bond donors (Lipinski definition) is 2. The van der Waals surface area contributed by atoms with E-state index in [4.69, 9.17) is 21.7 Å². The Morgan fingerprint density at radius 2 is 0.800 bits per heavy atom. The normalized spacial score (nSPS) is 6.40. The smallest absolute Gasteiger partial charge is 0.0402 e. The van der Waals surface area contributed by atoms with Crippen LogP contribution in [0.5, 0.6) is 0 Å². The second-order valence-electron chi connectivity index (χ2n) is 2.13. The first kappa shape index (κ1) is 29.6. The molecule has 0 aromatic heterocycles. The van der Waals surface area contributed by atoms with Crippen LogP contribution in [-0.4, -0.2) is 36.5 Å². The second kappa shape index (κ2) is 61.4. The fourth-order valence-electron chi connectivity index (χ4n) is 0. The molecule has 15 heavy (non-hydrogen) atoms. The number of aliphatic hydroxyl groups excluding tert-OH is 2. The fraction of sp³-hybridized carbons (Fsp3) is 1.00. The minimum atomic E-state index is 0. The van der Waals surface area contributed by atoms with E-state index in [2.05, 4.69) is 0 Å². The summed E-state index contributed by atoms with van der Waals surface area (Å²) in [5.74, 6) is 0. The van der Waals surface area contributed by atoms with Crippen molar-refractivity contribution in [3.63, 3.8) is 0 Å². The van der Waals surface area contributed by atoms with Crippen molar-refractivity contribution in [3.05, 3.63) is 11.5 Å². The third-order valence-corrected chi connectivity index (χ3v) is 0.500. The third-order valence-electron chi connectivity index (χ3n) is 0.500. The van der Waals surface area contributed by atoms with Gasteiger partial charge in [0.15, 0.2) is 0 Å². The summed E-state index contributed by atoms with van der Waals surface area (Å²) in [6, 6.07) is 0. The van der Waals surface area contributed by atoms with Crippen molar-refractivity contribution in [2.24, 2.45) is 0 Å². The van der Waals surface area contributed by atoms with Crippen LogP contribution < -0.4 is 0 Å². The molecule has 0 atom stereocenters. The Kier molecular flexibility index (Phi) is 121. The molecule has 4 nitrogen and oxygen atoms in total. The van der Waals surface area contributed by atoms with Gasteiger partial charge in [-0.3, -0.25) is 0 Å². The molecule has 0 spiro atoms. The first-order valence-corrected chi connectivity index (χ1v) is 5.17. The van der Waals surface area contributed by atoms with Gasteiger partial charge in [-0.25, -0.2) is 0 Å². The minimum absolute atomic E-state index is 0. The Bertz CT molecular complexity index is 42.4. The van der Waals surface area contributed by atoms with Crippen molar-refractivity contribution in [3.8, 4) is 0 Å². The van der Waals surface area contributed by atoms with E-state index < -0.39 is 0 Å². The summed E-state index contributed by atoms with van der Waals surface area (Å²) >= 11 is 0. The van der Waals surface area contributed by atoms with Gasteiger partial charge in [-0.1, -0.05) is 26.7 Å². The van der Waals surface area contributed by atoms with Crippen molar-refractivity contribution in [1.82, 2.24) is 0 Å². The molecule has 0 heterocycles. The number of rotatable bonds is 2. The van der Waals surface area contributed by atoms with Crippen LogP contribution in [0.25, 0.3) is 11.5 Å². The van der Waals surface area contributed by atoms with Crippen molar-refractivity contribution >= 4 is 0 Å². The Hall–Kier alpha value is 0.710. The van der Waals surface area contributed by atoms with Gasteiger partial charge in [0, 0.05) is 39.1 Å². The molecule has 0 rings (SSSR count). The molecule has 0 unspecified atom stereocenters. The predicted molar refractivity (Wildman–Crippen MR) is 64.5 cm³/mol. The van der Waals surface area contributed by atoms with E-state index in [9.17, 15) is 0 Å². The molecule has 0 saturated heterocycles. The average molecular weight is 387 g/mol. The molecule has 5 heteroatoms. The van der Waals surface area contributed by atoms with Gasteiger partial charge >= 0.3 is 0 Å². The Morgan fingerprint density at radius 1 is 0.733 bits per heavy atom. The van der Waals surface area contributed by atoms with Crippen LogP contribution in [0.3, 0.4) is 0 Å². The van der Waals surface area contributed by atoms with Crippen molar-refractivity contribution in [1.29, 1.82) is 0 Å². The molecule has 4 N–H and O–H groups in total. The van der Waals surface area contributed by atoms with Gasteiger partial charge in [0.2, 0.25) is 0 Å². The Morgan fingerprint density at radius 3 is 0.800 bits per heavy atom. The molecule has 0 radical (unpaired) electrons. The quantitative estimate of drug-likeness (QED) is 0.715. The van der Waals surface area contributed by atoms with E-state index in [-0.39, 0.29) is 39.1 Å². The summed E-state index contributed by atoms with van der Waals surface area (Å²) in [5, 5.41) is 15.1. The largest absolute Gasteiger partial charge is 0.677 e. The molecule has 0 aromatic rings. The van der Waals surface area contributed by atoms with Gasteiger partial charge in [-0.15, -0.1) is 0 Å². The van der Waals surface area contributed by atoms with Crippen LogP contribution in [0, 0.1) is 0 Å². The number of aliphatic hydroxyl groups is 2. The predicted octanol–water partition coefficient (Wildman–Crippen LogP) is 2.89. The fourth-order valence-corrected chi connectivity index (χ4v) is 0. The monoisotopic (exact) mass is 388 g/mol. The molecule has 0 fully saturated rings. The molecule has 96 valence electrons. The summed E-state index contributed by atoms with van der Waals surface area (Å²) in [6.45, 7) is 8.99. The van der Waals surface area contributed by atoms with Crippen LogP contribution in [0.15, 0.2) is 0 Å². The first-order chi connectivity index (χ1) is 6.66. The minimum Gasteiger partial charge on any atom is -0.677 e. The third kappa shape index (κ3) is 324. The van der Waals surface area contributed by atoms with E-state index in [1.165, 1.54) is 0 Å². The van der Waals surface area contributed by atoms with Crippen molar-refractivity contribution in [2.75, 3.05) is 26.3 Å². The Balaban J connectivity index is -0.0000000293. The zero-order valence-corrected chi connectivity index (χ0v) is 14.2. The van der Waals surface area contributed by atoms with E-state index in [0.717, 1.165) is 12.8 Å². The first-order valence-electron chi connectivity index (χ1n) is 5.17. The average Bonchev–Trinajstić information content (AvgIpc) is 2.20. The van der Waals surface area contributed by atoms with Gasteiger partial charge < -0.3 is 21.7 Å². The van der Waals surface area contributed by atoms with Crippen LogP contribution in [0.4, 0.5) is 0 Å². The van der Waals surface area contributed by atoms with E-state index in [1.54, 1.807) is 13.8 Å². The SMILES string of the molecule is CCC[NH-].CCC[NH-].CCO.CCO.[Hf]. The molecule has 0 bridgehead atoms. The standard InChI is InChI=1S/2C3H8N.2C2H6O.Hf/c2*1-2-3-4;2*1-2-3;/h2*4H,2-3H2,1H3;2*3H,2H2,1H3;/q2*-1;;;.